The van der Waals surface area contributed by atoms with Gasteiger partial charge in [0.05, 0.1) is 11.9 Å². The number of H-pyrrole nitrogens is 1. The zero-order valence-corrected chi connectivity index (χ0v) is 16.8. The number of primary amides is 1. The van der Waals surface area contributed by atoms with E-state index in [0.717, 1.165) is 61.2 Å². The number of aromatic nitrogens is 3. The highest BCUT2D eigenvalue weighted by atomic mass is 16.2. The number of carbonyl (C=O) groups excluding carboxylic acids is 2. The van der Waals surface area contributed by atoms with E-state index in [4.69, 9.17) is 5.73 Å². The first-order chi connectivity index (χ1) is 14.0. The molecule has 0 saturated carbocycles. The van der Waals surface area contributed by atoms with E-state index < -0.39 is 0 Å². The lowest BCUT2D eigenvalue weighted by Gasteiger charge is -2.42. The third kappa shape index (κ3) is 4.34. The van der Waals surface area contributed by atoms with Gasteiger partial charge in [0.2, 0.25) is 5.91 Å². The topological polar surface area (TPSA) is 111 Å². The molecule has 9 heteroatoms. The standard InChI is InChI=1S/C20H28N7O2/c1-14-12-15(13-17-19(14)23-24-22-17)2-3-18(28)26-6-4-16(5-7-26)25-8-10-27(11-9-25)20(21)29/h3,12-13,16H,2,4-11H2,1H3,(H2,21,29)(H,22,23,24). The van der Waals surface area contributed by atoms with Crippen LogP contribution in [0.15, 0.2) is 12.1 Å². The van der Waals surface area contributed by atoms with Gasteiger partial charge in [0.25, 0.3) is 0 Å². The van der Waals surface area contributed by atoms with Gasteiger partial charge in [-0.05, 0) is 43.4 Å². The van der Waals surface area contributed by atoms with Crippen molar-refractivity contribution in [1.82, 2.24) is 30.1 Å². The molecule has 2 fully saturated rings. The lowest BCUT2D eigenvalue weighted by atomic mass is 10.0. The molecule has 4 rings (SSSR count). The second-order valence-corrected chi connectivity index (χ2v) is 7.94. The predicted octanol–water partition coefficient (Wildman–Crippen LogP) is 0.700. The van der Waals surface area contributed by atoms with Gasteiger partial charge in [-0.2, -0.15) is 0 Å². The van der Waals surface area contributed by atoms with Crippen LogP contribution in [-0.4, -0.2) is 87.4 Å². The summed E-state index contributed by atoms with van der Waals surface area (Å²) in [4.78, 5) is 30.0. The van der Waals surface area contributed by atoms with E-state index >= 15 is 0 Å². The third-order valence-corrected chi connectivity index (χ3v) is 6.12. The van der Waals surface area contributed by atoms with E-state index in [9.17, 15) is 9.59 Å². The minimum absolute atomic E-state index is 0.0971. The van der Waals surface area contributed by atoms with Crippen LogP contribution in [0.1, 0.15) is 24.0 Å². The average molecular weight is 398 g/mol. The summed E-state index contributed by atoms with van der Waals surface area (Å²) in [6.07, 6.45) is 4.31. The third-order valence-electron chi connectivity index (χ3n) is 6.12. The van der Waals surface area contributed by atoms with E-state index in [2.05, 4.69) is 26.4 Å². The number of fused-ring (bicyclic) bond motifs is 1. The zero-order valence-electron chi connectivity index (χ0n) is 16.8. The quantitative estimate of drug-likeness (QED) is 0.787. The summed E-state index contributed by atoms with van der Waals surface area (Å²) in [6.45, 7) is 6.67. The molecule has 0 unspecified atom stereocenters. The summed E-state index contributed by atoms with van der Waals surface area (Å²) < 4.78 is 0. The van der Waals surface area contributed by atoms with E-state index in [-0.39, 0.29) is 11.9 Å². The van der Waals surface area contributed by atoms with Crippen LogP contribution in [-0.2, 0) is 11.2 Å². The first-order valence-corrected chi connectivity index (χ1v) is 10.2. The highest BCUT2D eigenvalue weighted by molar-refractivity contribution is 5.85. The number of urea groups is 1. The molecule has 0 bridgehead atoms. The molecule has 2 saturated heterocycles. The molecular formula is C20H28N7O2. The van der Waals surface area contributed by atoms with Crippen LogP contribution in [0.5, 0.6) is 0 Å². The van der Waals surface area contributed by atoms with Crippen LogP contribution in [0, 0.1) is 13.3 Å². The number of hydrogen-bond acceptors (Lipinski definition) is 5. The molecule has 0 spiro atoms. The van der Waals surface area contributed by atoms with E-state index in [1.165, 1.54) is 0 Å². The molecule has 0 aliphatic carbocycles. The van der Waals surface area contributed by atoms with Crippen LogP contribution in [0.2, 0.25) is 0 Å². The molecule has 9 nitrogen and oxygen atoms in total. The fourth-order valence-corrected chi connectivity index (χ4v) is 4.41. The lowest BCUT2D eigenvalue weighted by molar-refractivity contribution is -0.129. The summed E-state index contributed by atoms with van der Waals surface area (Å²) in [6, 6.07) is 4.20. The van der Waals surface area contributed by atoms with Crippen LogP contribution in [0.4, 0.5) is 4.79 Å². The Morgan fingerprint density at radius 2 is 1.86 bits per heavy atom. The van der Waals surface area contributed by atoms with Crippen molar-refractivity contribution >= 4 is 23.0 Å². The van der Waals surface area contributed by atoms with Crippen molar-refractivity contribution in [2.24, 2.45) is 5.73 Å². The number of aryl methyl sites for hydroxylation is 1. The van der Waals surface area contributed by atoms with Crippen molar-refractivity contribution in [1.29, 1.82) is 0 Å². The molecule has 1 aromatic carbocycles. The molecule has 2 aliphatic heterocycles. The Morgan fingerprint density at radius 3 is 2.55 bits per heavy atom. The zero-order chi connectivity index (χ0) is 20.4. The second kappa shape index (κ2) is 8.36. The van der Waals surface area contributed by atoms with Gasteiger partial charge in [-0.25, -0.2) is 4.79 Å². The largest absolute Gasteiger partial charge is 0.351 e. The minimum Gasteiger partial charge on any atom is -0.351 e. The Bertz CT molecular complexity index is 880. The smallest absolute Gasteiger partial charge is 0.314 e. The maximum atomic E-state index is 12.6. The fraction of sp³-hybridized carbons (Fsp3) is 0.550. The lowest BCUT2D eigenvalue weighted by Crippen LogP contribution is -2.55. The van der Waals surface area contributed by atoms with Gasteiger partial charge in [-0.15, -0.1) is 5.10 Å². The first kappa shape index (κ1) is 19.6. The number of likely N-dealkylation sites (tertiary alicyclic amines) is 1. The SMILES string of the molecule is Cc1cc(C[CH]C(=O)N2CCC(N3CCN(C(N)=O)CC3)CC2)cc2nn[nH]c12. The first-order valence-electron chi connectivity index (χ1n) is 10.2. The predicted molar refractivity (Wildman–Crippen MR) is 109 cm³/mol. The van der Waals surface area contributed by atoms with Crippen LogP contribution in [0.25, 0.3) is 11.0 Å². The number of nitrogens with two attached hydrogens (primary N) is 1. The van der Waals surface area contributed by atoms with Crippen LogP contribution < -0.4 is 5.73 Å². The Kier molecular flexibility index (Phi) is 5.66. The van der Waals surface area contributed by atoms with Crippen molar-refractivity contribution in [2.45, 2.75) is 32.2 Å². The monoisotopic (exact) mass is 398 g/mol. The molecular weight excluding hydrogens is 370 g/mol. The van der Waals surface area contributed by atoms with Gasteiger partial charge >= 0.3 is 6.03 Å². The molecule has 3 amide bonds. The molecule has 3 heterocycles. The molecule has 3 N–H and O–H groups in total. The van der Waals surface area contributed by atoms with Gasteiger partial charge < -0.3 is 15.5 Å². The number of rotatable bonds is 4. The van der Waals surface area contributed by atoms with Crippen molar-refractivity contribution in [3.8, 4) is 0 Å². The van der Waals surface area contributed by atoms with Gasteiger partial charge in [0, 0.05) is 45.3 Å². The Balaban J connectivity index is 1.24. The molecule has 29 heavy (non-hydrogen) atoms. The molecule has 1 radical (unpaired) electrons. The maximum Gasteiger partial charge on any atom is 0.314 e. The van der Waals surface area contributed by atoms with Crippen molar-refractivity contribution in [2.75, 3.05) is 39.3 Å². The van der Waals surface area contributed by atoms with Gasteiger partial charge in [0.1, 0.15) is 5.52 Å². The number of aromatic amines is 1. The highest BCUT2D eigenvalue weighted by Gasteiger charge is 2.29. The number of amides is 3. The average Bonchev–Trinajstić information content (AvgIpc) is 3.21. The van der Waals surface area contributed by atoms with Gasteiger partial charge in [-0.3, -0.25) is 14.8 Å². The molecule has 155 valence electrons. The Labute approximate surface area is 170 Å². The molecule has 2 aromatic rings. The van der Waals surface area contributed by atoms with Gasteiger partial charge in [0.15, 0.2) is 0 Å². The van der Waals surface area contributed by atoms with Crippen molar-refractivity contribution < 1.29 is 9.59 Å². The minimum atomic E-state index is -0.335. The Hall–Kier alpha value is -2.68. The van der Waals surface area contributed by atoms with Crippen molar-refractivity contribution in [3.05, 3.63) is 29.7 Å². The maximum absolute atomic E-state index is 12.6. The molecule has 2 aliphatic rings. The summed E-state index contributed by atoms with van der Waals surface area (Å²) >= 11 is 0. The summed E-state index contributed by atoms with van der Waals surface area (Å²) in [5.74, 6) is 0.0971. The highest BCUT2D eigenvalue weighted by Crippen LogP contribution is 2.20. The number of nitrogens with one attached hydrogen (secondary N) is 1. The summed E-state index contributed by atoms with van der Waals surface area (Å²) in [7, 11) is 0. The molecule has 1 aromatic heterocycles. The van der Waals surface area contributed by atoms with Gasteiger partial charge in [-0.1, -0.05) is 11.3 Å². The number of nitrogens with zero attached hydrogens (tertiary/aromatic N) is 5. The van der Waals surface area contributed by atoms with E-state index in [1.54, 1.807) is 11.3 Å². The fourth-order valence-electron chi connectivity index (χ4n) is 4.41. The number of benzene rings is 1. The molecule has 0 atom stereocenters. The van der Waals surface area contributed by atoms with Crippen LogP contribution >= 0.6 is 0 Å². The Morgan fingerprint density at radius 1 is 1.14 bits per heavy atom. The van der Waals surface area contributed by atoms with E-state index in [0.29, 0.717) is 25.6 Å². The number of piperidine rings is 1. The number of hydrogen-bond donors (Lipinski definition) is 2. The summed E-state index contributed by atoms with van der Waals surface area (Å²) in [5, 5.41) is 10.8. The number of piperazine rings is 1. The normalized spacial score (nSPS) is 19.1. The van der Waals surface area contributed by atoms with E-state index in [1.807, 2.05) is 17.9 Å². The van der Waals surface area contributed by atoms with Crippen molar-refractivity contribution in [3.63, 3.8) is 0 Å². The summed E-state index contributed by atoms with van der Waals surface area (Å²) in [5.41, 5.74) is 9.28. The second-order valence-electron chi connectivity index (χ2n) is 7.94. The number of carbonyl (C=O) groups is 2. The van der Waals surface area contributed by atoms with Crippen LogP contribution in [0.3, 0.4) is 0 Å².